The molecule has 0 aromatic rings. The lowest BCUT2D eigenvalue weighted by atomic mass is 10.4. The van der Waals surface area contributed by atoms with Crippen molar-refractivity contribution in [3.05, 3.63) is 0 Å². The number of aliphatic hydroxyl groups excluding tert-OH is 2. The second-order valence-corrected chi connectivity index (χ2v) is 2.60. The van der Waals surface area contributed by atoms with Gasteiger partial charge in [-0.25, -0.2) is 4.79 Å². The largest absolute Gasteiger partial charge is 0.506 e. The van der Waals surface area contributed by atoms with Crippen LogP contribution in [-0.4, -0.2) is 67.2 Å². The van der Waals surface area contributed by atoms with Crippen molar-refractivity contribution in [3.63, 3.8) is 0 Å². The minimum atomic E-state index is -1.42. The fourth-order valence-corrected chi connectivity index (χ4v) is 0.817. The van der Waals surface area contributed by atoms with E-state index in [0.717, 1.165) is 0 Å². The Morgan fingerprint density at radius 2 is 1.53 bits per heavy atom. The van der Waals surface area contributed by atoms with Crippen LogP contribution in [0.25, 0.3) is 0 Å². The molecule has 0 aliphatic rings. The van der Waals surface area contributed by atoms with Crippen LogP contribution in [0, 0.1) is 0 Å². The average Bonchev–Trinajstić information content (AvgIpc) is 2.17. The van der Waals surface area contributed by atoms with Gasteiger partial charge in [-0.05, 0) is 0 Å². The average molecular weight is 224 g/mol. The van der Waals surface area contributed by atoms with Gasteiger partial charge in [-0.15, -0.1) is 0 Å². The number of hydrogen-bond acceptors (Lipinski definition) is 6. The summed E-state index contributed by atoms with van der Waals surface area (Å²) in [5.74, 6) is 0. The lowest BCUT2D eigenvalue weighted by Gasteiger charge is -2.15. The van der Waals surface area contributed by atoms with E-state index in [2.05, 4.69) is 4.74 Å². The van der Waals surface area contributed by atoms with Crippen LogP contribution in [0.5, 0.6) is 0 Å². The van der Waals surface area contributed by atoms with Gasteiger partial charge in [-0.3, -0.25) is 0 Å². The van der Waals surface area contributed by atoms with E-state index in [0.29, 0.717) is 0 Å². The molecular formula is C8H16O7. The van der Waals surface area contributed by atoms with Crippen LogP contribution in [0.4, 0.5) is 4.79 Å². The third-order valence-corrected chi connectivity index (χ3v) is 1.35. The molecule has 0 spiro atoms. The van der Waals surface area contributed by atoms with Crippen LogP contribution in [0.2, 0.25) is 0 Å². The second kappa shape index (κ2) is 9.66. The highest BCUT2D eigenvalue weighted by Crippen LogP contribution is 1.96. The first kappa shape index (κ1) is 14.1. The van der Waals surface area contributed by atoms with Gasteiger partial charge >= 0.3 is 6.16 Å². The molecule has 0 heterocycles. The van der Waals surface area contributed by atoms with E-state index in [-0.39, 0.29) is 39.6 Å². The van der Waals surface area contributed by atoms with Crippen LogP contribution >= 0.6 is 0 Å². The summed E-state index contributed by atoms with van der Waals surface area (Å²) in [4.78, 5) is 10.2. The molecule has 0 saturated carbocycles. The summed E-state index contributed by atoms with van der Waals surface area (Å²) in [6, 6.07) is 0. The van der Waals surface area contributed by atoms with Crippen molar-refractivity contribution in [1.82, 2.24) is 0 Å². The third-order valence-electron chi connectivity index (χ3n) is 1.35. The standard InChI is InChI=1S/C8H16O7/c9-1-3-13-5-7(15-8(11)12)6-14-4-2-10/h7,9-10H,1-6H2,(H,11,12). The van der Waals surface area contributed by atoms with E-state index in [1.807, 2.05) is 0 Å². The van der Waals surface area contributed by atoms with Gasteiger partial charge in [0.05, 0.1) is 39.6 Å². The van der Waals surface area contributed by atoms with Gasteiger partial charge < -0.3 is 29.5 Å². The van der Waals surface area contributed by atoms with Crippen LogP contribution in [0.15, 0.2) is 0 Å². The Hall–Kier alpha value is -0.890. The van der Waals surface area contributed by atoms with Gasteiger partial charge in [0, 0.05) is 0 Å². The highest BCUT2D eigenvalue weighted by molar-refractivity contribution is 5.57. The quantitative estimate of drug-likeness (QED) is 0.343. The number of hydrogen-bond donors (Lipinski definition) is 3. The fourth-order valence-electron chi connectivity index (χ4n) is 0.817. The van der Waals surface area contributed by atoms with Gasteiger partial charge in [-0.2, -0.15) is 0 Å². The molecule has 0 aromatic carbocycles. The predicted octanol–water partition coefficient (Wildman–Crippen LogP) is -0.933. The number of ether oxygens (including phenoxy) is 3. The van der Waals surface area contributed by atoms with Crippen LogP contribution in [-0.2, 0) is 14.2 Å². The summed E-state index contributed by atoms with van der Waals surface area (Å²) >= 11 is 0. The van der Waals surface area contributed by atoms with Crippen molar-refractivity contribution in [2.75, 3.05) is 39.6 Å². The molecule has 0 radical (unpaired) electrons. The highest BCUT2D eigenvalue weighted by atomic mass is 16.7. The minimum absolute atomic E-state index is 0.0122. The molecule has 0 aromatic heterocycles. The van der Waals surface area contributed by atoms with Crippen molar-refractivity contribution in [1.29, 1.82) is 0 Å². The van der Waals surface area contributed by atoms with Crippen molar-refractivity contribution in [2.45, 2.75) is 6.10 Å². The molecule has 0 fully saturated rings. The van der Waals surface area contributed by atoms with E-state index in [1.165, 1.54) is 0 Å². The van der Waals surface area contributed by atoms with Gasteiger partial charge in [0.15, 0.2) is 6.10 Å². The maximum absolute atomic E-state index is 10.2. The smallest absolute Gasteiger partial charge is 0.450 e. The lowest BCUT2D eigenvalue weighted by Crippen LogP contribution is -2.29. The van der Waals surface area contributed by atoms with Crippen LogP contribution in [0.3, 0.4) is 0 Å². The van der Waals surface area contributed by atoms with Crippen LogP contribution < -0.4 is 0 Å². The molecule has 0 bridgehead atoms. The number of carbonyl (C=O) groups is 1. The summed E-state index contributed by atoms with van der Waals surface area (Å²) in [6.07, 6.45) is -2.17. The van der Waals surface area contributed by atoms with Gasteiger partial charge in [0.2, 0.25) is 0 Å². The summed E-state index contributed by atoms with van der Waals surface area (Å²) in [6.45, 7) is -0.0376. The second-order valence-electron chi connectivity index (χ2n) is 2.60. The summed E-state index contributed by atoms with van der Waals surface area (Å²) in [5.41, 5.74) is 0. The van der Waals surface area contributed by atoms with Gasteiger partial charge in [0.25, 0.3) is 0 Å². The van der Waals surface area contributed by atoms with E-state index in [9.17, 15) is 4.79 Å². The Morgan fingerprint density at radius 1 is 1.07 bits per heavy atom. The molecule has 0 saturated heterocycles. The summed E-state index contributed by atoms with van der Waals surface area (Å²) < 4.78 is 14.2. The van der Waals surface area contributed by atoms with Crippen LogP contribution in [0.1, 0.15) is 0 Å². The maximum Gasteiger partial charge on any atom is 0.506 e. The molecule has 0 unspecified atom stereocenters. The van der Waals surface area contributed by atoms with Crippen molar-refractivity contribution in [3.8, 4) is 0 Å². The fraction of sp³-hybridized carbons (Fsp3) is 0.875. The molecule has 15 heavy (non-hydrogen) atoms. The number of aliphatic hydroxyl groups is 2. The Morgan fingerprint density at radius 3 is 1.87 bits per heavy atom. The molecule has 0 atom stereocenters. The topological polar surface area (TPSA) is 105 Å². The molecular weight excluding hydrogens is 208 g/mol. The molecule has 0 aliphatic heterocycles. The zero-order valence-corrected chi connectivity index (χ0v) is 8.29. The molecule has 3 N–H and O–H groups in total. The predicted molar refractivity (Wildman–Crippen MR) is 48.7 cm³/mol. The number of rotatable bonds is 9. The van der Waals surface area contributed by atoms with E-state index in [1.54, 1.807) is 0 Å². The zero-order valence-electron chi connectivity index (χ0n) is 8.29. The summed E-state index contributed by atoms with van der Waals surface area (Å²) in [7, 11) is 0. The van der Waals surface area contributed by atoms with Crippen molar-refractivity contribution < 1.29 is 34.3 Å². The Labute approximate surface area is 87.2 Å². The molecule has 7 nitrogen and oxygen atoms in total. The molecule has 7 heteroatoms. The lowest BCUT2D eigenvalue weighted by molar-refractivity contribution is -0.0502. The Balaban J connectivity index is 3.68. The zero-order chi connectivity index (χ0) is 11.5. The Bertz CT molecular complexity index is 151. The molecule has 0 amide bonds. The first-order chi connectivity index (χ1) is 7.20. The monoisotopic (exact) mass is 224 g/mol. The normalized spacial score (nSPS) is 10.6. The first-order valence-corrected chi connectivity index (χ1v) is 4.47. The van der Waals surface area contributed by atoms with E-state index in [4.69, 9.17) is 24.8 Å². The van der Waals surface area contributed by atoms with Gasteiger partial charge in [0.1, 0.15) is 0 Å². The molecule has 0 aliphatic carbocycles. The highest BCUT2D eigenvalue weighted by Gasteiger charge is 2.14. The number of carboxylic acid groups (broad SMARTS) is 1. The molecule has 90 valence electrons. The van der Waals surface area contributed by atoms with Crippen molar-refractivity contribution in [2.24, 2.45) is 0 Å². The molecule has 0 rings (SSSR count). The summed E-state index contributed by atoms with van der Waals surface area (Å²) in [5, 5.41) is 25.2. The van der Waals surface area contributed by atoms with E-state index >= 15 is 0 Å². The third kappa shape index (κ3) is 9.42. The SMILES string of the molecule is O=C(O)OC(COCCO)COCCO. The van der Waals surface area contributed by atoms with Crippen molar-refractivity contribution >= 4 is 6.16 Å². The first-order valence-electron chi connectivity index (χ1n) is 4.47. The minimum Gasteiger partial charge on any atom is -0.450 e. The Kier molecular flexibility index (Phi) is 9.08. The van der Waals surface area contributed by atoms with E-state index < -0.39 is 12.3 Å². The maximum atomic E-state index is 10.2. The van der Waals surface area contributed by atoms with Gasteiger partial charge in [-0.1, -0.05) is 0 Å².